The van der Waals surface area contributed by atoms with E-state index in [-0.39, 0.29) is 41.2 Å². The Balaban J connectivity index is 1.51. The van der Waals surface area contributed by atoms with Crippen LogP contribution in [-0.4, -0.2) is 22.8 Å². The lowest BCUT2D eigenvalue weighted by Crippen LogP contribution is -2.64. The highest BCUT2D eigenvalue weighted by Crippen LogP contribution is 2.42. The summed E-state index contributed by atoms with van der Waals surface area (Å²) in [5, 5.41) is 10.5. The Kier molecular flexibility index (Phi) is 5.77. The zero-order valence-corrected chi connectivity index (χ0v) is 16.4. The van der Waals surface area contributed by atoms with Crippen molar-refractivity contribution in [1.29, 1.82) is 0 Å². The van der Waals surface area contributed by atoms with Crippen LogP contribution < -0.4 is 4.90 Å². The van der Waals surface area contributed by atoms with E-state index in [0.29, 0.717) is 36.9 Å². The van der Waals surface area contributed by atoms with Crippen molar-refractivity contribution in [3.63, 3.8) is 0 Å². The van der Waals surface area contributed by atoms with Gasteiger partial charge in [-0.15, -0.1) is 0 Å². The summed E-state index contributed by atoms with van der Waals surface area (Å²) < 4.78 is 26.4. The molecule has 2 aliphatic rings. The van der Waals surface area contributed by atoms with Crippen molar-refractivity contribution in [3.8, 4) is 0 Å². The molecule has 1 N–H and O–H groups in total. The zero-order chi connectivity index (χ0) is 21.3. The third kappa shape index (κ3) is 4.05. The summed E-state index contributed by atoms with van der Waals surface area (Å²) in [6.45, 7) is 0. The van der Waals surface area contributed by atoms with Crippen LogP contribution in [0.4, 0.5) is 14.5 Å². The maximum atomic E-state index is 13.3. The summed E-state index contributed by atoms with van der Waals surface area (Å²) in [6.07, 6.45) is 4.58. The molecular formula is C24H23F2NO3. The number of aliphatic hydroxyl groups is 1. The Bertz CT molecular complexity index is 955. The van der Waals surface area contributed by atoms with Gasteiger partial charge in [-0.3, -0.25) is 9.59 Å². The van der Waals surface area contributed by atoms with Crippen LogP contribution in [0.1, 0.15) is 37.4 Å². The molecule has 0 spiro atoms. The van der Waals surface area contributed by atoms with Gasteiger partial charge in [0.2, 0.25) is 5.91 Å². The number of carbonyl (C=O) groups excluding carboxylic acids is 2. The van der Waals surface area contributed by atoms with Gasteiger partial charge in [-0.05, 0) is 73.2 Å². The van der Waals surface area contributed by atoms with E-state index in [0.717, 1.165) is 0 Å². The number of amides is 1. The molecule has 4 nitrogen and oxygen atoms in total. The lowest BCUT2D eigenvalue weighted by atomic mass is 9.72. The number of carbonyl (C=O) groups is 2. The van der Waals surface area contributed by atoms with E-state index in [1.54, 1.807) is 35.2 Å². The second-order valence-corrected chi connectivity index (χ2v) is 7.95. The Morgan fingerprint density at radius 1 is 1.00 bits per heavy atom. The quantitative estimate of drug-likeness (QED) is 0.720. The average molecular weight is 411 g/mol. The zero-order valence-electron chi connectivity index (χ0n) is 16.4. The molecule has 0 bridgehead atoms. The summed E-state index contributed by atoms with van der Waals surface area (Å²) in [4.78, 5) is 26.2. The minimum atomic E-state index is -0.789. The third-order valence-corrected chi connectivity index (χ3v) is 6.07. The third-order valence-electron chi connectivity index (χ3n) is 6.07. The van der Waals surface area contributed by atoms with Crippen LogP contribution >= 0.6 is 0 Å². The van der Waals surface area contributed by atoms with E-state index in [1.165, 1.54) is 24.3 Å². The highest BCUT2D eigenvalue weighted by Gasteiger charge is 2.50. The van der Waals surface area contributed by atoms with Gasteiger partial charge in [0, 0.05) is 12.1 Å². The van der Waals surface area contributed by atoms with Crippen LogP contribution in [-0.2, 0) is 9.59 Å². The maximum Gasteiger partial charge on any atom is 0.232 e. The first-order valence-corrected chi connectivity index (χ1v) is 10.2. The van der Waals surface area contributed by atoms with Crippen LogP contribution in [0, 0.1) is 23.5 Å². The molecule has 30 heavy (non-hydrogen) atoms. The van der Waals surface area contributed by atoms with Crippen molar-refractivity contribution in [2.24, 2.45) is 11.8 Å². The number of allylic oxidation sites excluding steroid dienone is 1. The number of halogens is 2. The largest absolute Gasteiger partial charge is 0.388 e. The number of nitrogens with zero attached hydrogens (tertiary/aromatic N) is 1. The molecule has 4 rings (SSSR count). The highest BCUT2D eigenvalue weighted by atomic mass is 19.1. The standard InChI is InChI=1S/C24H23F2NO3/c25-17-5-1-15(2-6-17)22(29)14-13-21-23(16-3-11-20(28)12-4-16)27(24(21)30)19-9-7-18(26)8-10-19/h1-3,5-11,16,21-23,29H,4,12-14H2. The van der Waals surface area contributed by atoms with Gasteiger partial charge < -0.3 is 10.0 Å². The second-order valence-electron chi connectivity index (χ2n) is 7.95. The van der Waals surface area contributed by atoms with Crippen LogP contribution in [0.5, 0.6) is 0 Å². The molecule has 2 aromatic carbocycles. The number of benzene rings is 2. The Morgan fingerprint density at radius 3 is 2.23 bits per heavy atom. The van der Waals surface area contributed by atoms with Gasteiger partial charge in [-0.2, -0.15) is 0 Å². The molecule has 4 unspecified atom stereocenters. The van der Waals surface area contributed by atoms with Gasteiger partial charge in [0.25, 0.3) is 0 Å². The summed E-state index contributed by atoms with van der Waals surface area (Å²) in [5.74, 6) is -0.998. The van der Waals surface area contributed by atoms with Gasteiger partial charge >= 0.3 is 0 Å². The molecule has 6 heteroatoms. The van der Waals surface area contributed by atoms with Crippen molar-refractivity contribution in [2.45, 2.75) is 37.8 Å². The first-order chi connectivity index (χ1) is 14.4. The summed E-state index contributed by atoms with van der Waals surface area (Å²) >= 11 is 0. The Hall–Kier alpha value is -2.86. The van der Waals surface area contributed by atoms with Gasteiger partial charge in [-0.25, -0.2) is 8.78 Å². The van der Waals surface area contributed by atoms with Gasteiger partial charge in [0.05, 0.1) is 18.1 Å². The number of anilines is 1. The fourth-order valence-corrected chi connectivity index (χ4v) is 4.45. The lowest BCUT2D eigenvalue weighted by molar-refractivity contribution is -0.132. The summed E-state index contributed by atoms with van der Waals surface area (Å²) in [7, 11) is 0. The number of rotatable bonds is 6. The smallest absolute Gasteiger partial charge is 0.232 e. The molecule has 2 aromatic rings. The fraction of sp³-hybridized carbons (Fsp3) is 0.333. The number of ketones is 1. The van der Waals surface area contributed by atoms with Crippen molar-refractivity contribution >= 4 is 17.4 Å². The monoisotopic (exact) mass is 411 g/mol. The van der Waals surface area contributed by atoms with Crippen molar-refractivity contribution in [3.05, 3.63) is 77.9 Å². The van der Waals surface area contributed by atoms with Gasteiger partial charge in [-0.1, -0.05) is 18.2 Å². The average Bonchev–Trinajstić information content (AvgIpc) is 2.74. The highest BCUT2D eigenvalue weighted by molar-refractivity contribution is 6.03. The fourth-order valence-electron chi connectivity index (χ4n) is 4.45. The molecule has 1 aliphatic heterocycles. The van der Waals surface area contributed by atoms with Crippen molar-refractivity contribution in [2.75, 3.05) is 4.90 Å². The predicted molar refractivity (Wildman–Crippen MR) is 109 cm³/mol. The summed E-state index contributed by atoms with van der Waals surface area (Å²) in [5.41, 5.74) is 1.24. The number of β-lactam (4-membered cyclic amide) rings is 1. The molecule has 1 fully saturated rings. The molecule has 0 saturated carbocycles. The van der Waals surface area contributed by atoms with Crippen LogP contribution in [0.2, 0.25) is 0 Å². The molecular weight excluding hydrogens is 388 g/mol. The Labute approximate surface area is 173 Å². The van der Waals surface area contributed by atoms with E-state index in [1.807, 2.05) is 6.08 Å². The number of hydrogen-bond donors (Lipinski definition) is 1. The SMILES string of the molecule is O=C1C=CC(C2C(CCC(O)c3ccc(F)cc3)C(=O)N2c2ccc(F)cc2)CC1. The first-order valence-electron chi connectivity index (χ1n) is 10.2. The van der Waals surface area contributed by atoms with E-state index in [9.17, 15) is 23.5 Å². The molecule has 156 valence electrons. The topological polar surface area (TPSA) is 57.6 Å². The van der Waals surface area contributed by atoms with Gasteiger partial charge in [0.15, 0.2) is 5.78 Å². The molecule has 0 radical (unpaired) electrons. The van der Waals surface area contributed by atoms with Crippen LogP contribution in [0.3, 0.4) is 0 Å². The van der Waals surface area contributed by atoms with E-state index >= 15 is 0 Å². The molecule has 1 amide bonds. The first kappa shape index (κ1) is 20.4. The van der Waals surface area contributed by atoms with E-state index < -0.39 is 6.10 Å². The molecule has 1 saturated heterocycles. The Morgan fingerprint density at radius 2 is 1.63 bits per heavy atom. The molecule has 0 aromatic heterocycles. The molecule has 4 atom stereocenters. The van der Waals surface area contributed by atoms with Crippen LogP contribution in [0.25, 0.3) is 0 Å². The number of aliphatic hydroxyl groups excluding tert-OH is 1. The minimum Gasteiger partial charge on any atom is -0.388 e. The van der Waals surface area contributed by atoms with Crippen LogP contribution in [0.15, 0.2) is 60.7 Å². The van der Waals surface area contributed by atoms with Crippen molar-refractivity contribution < 1.29 is 23.5 Å². The summed E-state index contributed by atoms with van der Waals surface area (Å²) in [6, 6.07) is 11.4. The predicted octanol–water partition coefficient (Wildman–Crippen LogP) is 4.35. The minimum absolute atomic E-state index is 0.0263. The maximum absolute atomic E-state index is 13.3. The number of hydrogen-bond acceptors (Lipinski definition) is 3. The molecule has 1 aliphatic carbocycles. The van der Waals surface area contributed by atoms with E-state index in [2.05, 4.69) is 0 Å². The van der Waals surface area contributed by atoms with E-state index in [4.69, 9.17) is 0 Å². The lowest BCUT2D eigenvalue weighted by Gasteiger charge is -2.51. The normalized spacial score (nSPS) is 24.6. The van der Waals surface area contributed by atoms with Gasteiger partial charge in [0.1, 0.15) is 11.6 Å². The molecule has 1 heterocycles. The second kappa shape index (κ2) is 8.48. The van der Waals surface area contributed by atoms with Crippen molar-refractivity contribution in [1.82, 2.24) is 0 Å².